The summed E-state index contributed by atoms with van der Waals surface area (Å²) in [5, 5.41) is 11.2. The van der Waals surface area contributed by atoms with Crippen LogP contribution in [0.3, 0.4) is 0 Å². The molecule has 1 fully saturated rings. The lowest BCUT2D eigenvalue weighted by Crippen LogP contribution is -3.00. The lowest BCUT2D eigenvalue weighted by Gasteiger charge is -2.25. The largest absolute Gasteiger partial charge is 1.00 e. The molecule has 0 spiro atoms. The minimum Gasteiger partial charge on any atom is -1.00 e. The molecule has 1 aromatic heterocycles. The van der Waals surface area contributed by atoms with Crippen molar-refractivity contribution in [3.05, 3.63) is 50.4 Å². The highest BCUT2D eigenvalue weighted by molar-refractivity contribution is 5.98. The maximum atomic E-state index is 12.4. The molecule has 25 heavy (non-hydrogen) atoms. The Hall–Kier alpha value is -2.25. The second-order valence-corrected chi connectivity index (χ2v) is 6.00. The van der Waals surface area contributed by atoms with Gasteiger partial charge in [0, 0.05) is 30.5 Å². The van der Waals surface area contributed by atoms with Crippen LogP contribution in [0.5, 0.6) is 0 Å². The minimum atomic E-state index is -0.694. The standard InChI is InChI=1S/C17H18N2O5.ClH/c20-15(6-9-18-7-2-1-3-8-18)14-11-12-10-13(19(22)23)4-5-16(12)24-17(14)21;/h4-5,10-11H,1-3,6-9H2;1H/p-1. The van der Waals surface area contributed by atoms with E-state index in [1.807, 2.05) is 0 Å². The zero-order valence-corrected chi connectivity index (χ0v) is 14.3. The van der Waals surface area contributed by atoms with E-state index in [0.717, 1.165) is 25.9 Å². The van der Waals surface area contributed by atoms with E-state index in [2.05, 4.69) is 4.90 Å². The number of nitro groups is 1. The third kappa shape index (κ3) is 4.43. The number of likely N-dealkylation sites (tertiary alicyclic amines) is 1. The lowest BCUT2D eigenvalue weighted by molar-refractivity contribution is -0.384. The first kappa shape index (κ1) is 19.1. The highest BCUT2D eigenvalue weighted by Crippen LogP contribution is 2.21. The molecule has 0 saturated carbocycles. The average Bonchev–Trinajstić information content (AvgIpc) is 2.59. The minimum absolute atomic E-state index is 0. The van der Waals surface area contributed by atoms with Crippen molar-refractivity contribution >= 4 is 22.4 Å². The van der Waals surface area contributed by atoms with Crippen molar-refractivity contribution in [3.8, 4) is 0 Å². The van der Waals surface area contributed by atoms with Gasteiger partial charge in [0.1, 0.15) is 11.1 Å². The fraction of sp³-hybridized carbons (Fsp3) is 0.412. The first-order chi connectivity index (χ1) is 11.5. The van der Waals surface area contributed by atoms with Crippen molar-refractivity contribution in [1.29, 1.82) is 0 Å². The van der Waals surface area contributed by atoms with Gasteiger partial charge in [0.25, 0.3) is 5.69 Å². The molecule has 1 saturated heterocycles. The molecule has 0 atom stereocenters. The van der Waals surface area contributed by atoms with E-state index in [0.29, 0.717) is 11.9 Å². The molecular weight excluding hydrogens is 348 g/mol. The summed E-state index contributed by atoms with van der Waals surface area (Å²) >= 11 is 0. The van der Waals surface area contributed by atoms with Crippen molar-refractivity contribution in [3.63, 3.8) is 0 Å². The van der Waals surface area contributed by atoms with Crippen molar-refractivity contribution in [2.24, 2.45) is 0 Å². The Balaban J connectivity index is 0.00000225. The summed E-state index contributed by atoms with van der Waals surface area (Å²) in [6, 6.07) is 5.34. The smallest absolute Gasteiger partial charge is 0.347 e. The summed E-state index contributed by atoms with van der Waals surface area (Å²) in [5.41, 5.74) is -0.610. The van der Waals surface area contributed by atoms with Gasteiger partial charge >= 0.3 is 5.63 Å². The number of non-ortho nitro benzene ring substituents is 1. The number of nitrogens with zero attached hydrogens (tertiary/aromatic N) is 2. The number of rotatable bonds is 5. The number of hydrogen-bond donors (Lipinski definition) is 0. The molecule has 0 bridgehead atoms. The summed E-state index contributed by atoms with van der Waals surface area (Å²) in [5.74, 6) is -0.289. The number of Topliss-reactive ketones (excluding diaryl/α,β-unsaturated/α-hetero) is 1. The molecule has 0 unspecified atom stereocenters. The number of ketones is 1. The molecule has 7 nitrogen and oxygen atoms in total. The molecular formula is C17H18ClN2O5-. The van der Waals surface area contributed by atoms with E-state index < -0.39 is 10.5 Å². The Morgan fingerprint density at radius 3 is 2.60 bits per heavy atom. The quantitative estimate of drug-likeness (QED) is 0.314. The van der Waals surface area contributed by atoms with Crippen LogP contribution in [-0.2, 0) is 0 Å². The van der Waals surface area contributed by atoms with Crippen LogP contribution in [0.25, 0.3) is 11.0 Å². The number of carbonyl (C=O) groups is 1. The number of piperidine rings is 1. The number of halogens is 1. The van der Waals surface area contributed by atoms with Crippen molar-refractivity contribution < 1.29 is 26.5 Å². The molecule has 1 aliphatic rings. The fourth-order valence-corrected chi connectivity index (χ4v) is 3.00. The number of hydrogen-bond acceptors (Lipinski definition) is 6. The van der Waals surface area contributed by atoms with E-state index in [1.54, 1.807) is 0 Å². The van der Waals surface area contributed by atoms with Crippen molar-refractivity contribution in [1.82, 2.24) is 4.90 Å². The predicted octanol–water partition coefficient (Wildman–Crippen LogP) is -0.236. The van der Waals surface area contributed by atoms with Gasteiger partial charge in [0.05, 0.1) is 4.92 Å². The van der Waals surface area contributed by atoms with E-state index in [1.165, 1.54) is 30.7 Å². The van der Waals surface area contributed by atoms with Crippen LogP contribution in [0.15, 0.2) is 33.5 Å². The number of fused-ring (bicyclic) bond motifs is 1. The zero-order chi connectivity index (χ0) is 17.1. The molecule has 1 aliphatic heterocycles. The number of nitro benzene ring substituents is 1. The summed E-state index contributed by atoms with van der Waals surface area (Å²) in [6.45, 7) is 2.57. The maximum absolute atomic E-state index is 12.4. The van der Waals surface area contributed by atoms with Gasteiger partial charge in [-0.05, 0) is 38.1 Å². The van der Waals surface area contributed by atoms with Crippen LogP contribution in [0.2, 0.25) is 0 Å². The molecule has 0 N–H and O–H groups in total. The van der Waals surface area contributed by atoms with Crippen LogP contribution >= 0.6 is 0 Å². The second kappa shape index (κ2) is 8.22. The molecule has 2 aromatic rings. The van der Waals surface area contributed by atoms with E-state index in [9.17, 15) is 19.7 Å². The van der Waals surface area contributed by atoms with Gasteiger partial charge < -0.3 is 21.7 Å². The fourth-order valence-electron chi connectivity index (χ4n) is 3.00. The average molecular weight is 366 g/mol. The molecule has 0 amide bonds. The molecule has 134 valence electrons. The Bertz CT molecular complexity index is 843. The molecule has 0 aliphatic carbocycles. The second-order valence-electron chi connectivity index (χ2n) is 6.00. The first-order valence-electron chi connectivity index (χ1n) is 8.02. The van der Waals surface area contributed by atoms with Gasteiger partial charge in [-0.1, -0.05) is 6.42 Å². The van der Waals surface area contributed by atoms with Crippen LogP contribution in [0, 0.1) is 10.1 Å². The summed E-state index contributed by atoms with van der Waals surface area (Å²) in [4.78, 5) is 36.9. The maximum Gasteiger partial charge on any atom is 0.347 e. The highest BCUT2D eigenvalue weighted by atomic mass is 35.5. The normalized spacial score (nSPS) is 14.9. The van der Waals surface area contributed by atoms with Crippen LogP contribution in [0.4, 0.5) is 5.69 Å². The summed E-state index contributed by atoms with van der Waals surface area (Å²) < 4.78 is 5.13. The third-order valence-corrected chi connectivity index (χ3v) is 4.33. The molecule has 0 radical (unpaired) electrons. The van der Waals surface area contributed by atoms with Gasteiger partial charge in [0.15, 0.2) is 5.78 Å². The Kier molecular flexibility index (Phi) is 6.27. The van der Waals surface area contributed by atoms with E-state index in [4.69, 9.17) is 4.42 Å². The number of benzene rings is 1. The molecule has 8 heteroatoms. The van der Waals surface area contributed by atoms with Gasteiger partial charge in [0.2, 0.25) is 0 Å². The summed E-state index contributed by atoms with van der Waals surface area (Å²) in [6.07, 6.45) is 3.73. The molecule has 1 aromatic carbocycles. The van der Waals surface area contributed by atoms with E-state index in [-0.39, 0.29) is 41.4 Å². The van der Waals surface area contributed by atoms with Gasteiger partial charge in [-0.3, -0.25) is 14.9 Å². The first-order valence-corrected chi connectivity index (χ1v) is 8.02. The van der Waals surface area contributed by atoms with Crippen LogP contribution < -0.4 is 18.0 Å². The lowest BCUT2D eigenvalue weighted by atomic mass is 10.1. The monoisotopic (exact) mass is 365 g/mol. The van der Waals surface area contributed by atoms with Gasteiger partial charge in [-0.2, -0.15) is 0 Å². The zero-order valence-electron chi connectivity index (χ0n) is 13.6. The number of carbonyl (C=O) groups excluding carboxylic acids is 1. The van der Waals surface area contributed by atoms with E-state index >= 15 is 0 Å². The van der Waals surface area contributed by atoms with Crippen molar-refractivity contribution in [2.45, 2.75) is 25.7 Å². The van der Waals surface area contributed by atoms with Gasteiger partial charge in [-0.25, -0.2) is 4.79 Å². The Morgan fingerprint density at radius 1 is 1.20 bits per heavy atom. The Labute approximate surface area is 150 Å². The van der Waals surface area contributed by atoms with Crippen molar-refractivity contribution in [2.75, 3.05) is 19.6 Å². The van der Waals surface area contributed by atoms with Crippen LogP contribution in [0.1, 0.15) is 36.0 Å². The summed E-state index contributed by atoms with van der Waals surface area (Å²) in [7, 11) is 0. The Morgan fingerprint density at radius 2 is 1.92 bits per heavy atom. The van der Waals surface area contributed by atoms with Gasteiger partial charge in [-0.15, -0.1) is 0 Å². The molecule has 2 heterocycles. The SMILES string of the molecule is O=C(CCN1CCCCC1)c1cc2cc([N+](=O)[O-])ccc2oc1=O.[Cl-]. The third-order valence-electron chi connectivity index (χ3n) is 4.33. The highest BCUT2D eigenvalue weighted by Gasteiger charge is 2.17. The predicted molar refractivity (Wildman–Crippen MR) is 88.4 cm³/mol. The van der Waals surface area contributed by atoms with Crippen LogP contribution in [-0.4, -0.2) is 35.2 Å². The topological polar surface area (TPSA) is 93.7 Å². The molecule has 3 rings (SSSR count).